The number of carbonyl (C=O) groups excluding carboxylic acids is 1. The van der Waals surface area contributed by atoms with E-state index in [2.05, 4.69) is 21.8 Å². The van der Waals surface area contributed by atoms with E-state index in [0.29, 0.717) is 5.69 Å². The van der Waals surface area contributed by atoms with Crippen LogP contribution in [-0.4, -0.2) is 21.6 Å². The Kier molecular flexibility index (Phi) is 4.73. The van der Waals surface area contributed by atoms with Crippen LogP contribution in [0.3, 0.4) is 0 Å². The van der Waals surface area contributed by atoms with E-state index in [-0.39, 0.29) is 0 Å². The highest BCUT2D eigenvalue weighted by Gasteiger charge is 2.27. The summed E-state index contributed by atoms with van der Waals surface area (Å²) in [6.45, 7) is 4.82. The van der Waals surface area contributed by atoms with Gasteiger partial charge in [0.25, 0.3) is 0 Å². The highest BCUT2D eigenvalue weighted by atomic mass is 19.4. The number of hydrogen-bond donors (Lipinski definition) is 1. The average Bonchev–Trinajstić information content (AvgIpc) is 2.72. The average molecular weight is 313 g/mol. The van der Waals surface area contributed by atoms with Gasteiger partial charge in [-0.2, -0.15) is 13.2 Å². The summed E-state index contributed by atoms with van der Waals surface area (Å²) in [6.07, 6.45) is -5.05. The molecule has 0 spiro atoms. The number of nitrogens with one attached hydrogen (secondary N) is 1. The Morgan fingerprint density at radius 2 is 2.09 bits per heavy atom. The zero-order valence-corrected chi connectivity index (χ0v) is 12.5. The van der Waals surface area contributed by atoms with E-state index in [0.717, 1.165) is 29.8 Å². The van der Waals surface area contributed by atoms with Crippen molar-refractivity contribution in [3.8, 4) is 0 Å². The summed E-state index contributed by atoms with van der Waals surface area (Å²) in [5.74, 6) is 0.221. The minimum atomic E-state index is -4.32. The topological polar surface area (TPSA) is 46.9 Å². The molecule has 0 bridgehead atoms. The number of benzene rings is 1. The standard InChI is InChI=1S/C15H18F3N3O/c1-3-8-21-10(2)19-12-9-11(4-5-13(12)21)20-14(22)6-7-15(16,17)18/h4-5,9H,3,6-8H2,1-2H3,(H,20,22). The second kappa shape index (κ2) is 6.37. The van der Waals surface area contributed by atoms with E-state index in [1.54, 1.807) is 12.1 Å². The van der Waals surface area contributed by atoms with Crippen molar-refractivity contribution in [1.82, 2.24) is 9.55 Å². The van der Waals surface area contributed by atoms with Crippen LogP contribution in [0.1, 0.15) is 32.0 Å². The van der Waals surface area contributed by atoms with Gasteiger partial charge in [0.15, 0.2) is 0 Å². The SMILES string of the molecule is CCCn1c(C)nc2cc(NC(=O)CCC(F)(F)F)ccc21. The highest BCUT2D eigenvalue weighted by molar-refractivity contribution is 5.93. The minimum Gasteiger partial charge on any atom is -0.328 e. The molecule has 0 aliphatic heterocycles. The van der Waals surface area contributed by atoms with E-state index < -0.39 is 24.9 Å². The van der Waals surface area contributed by atoms with E-state index >= 15 is 0 Å². The third-order valence-corrected chi connectivity index (χ3v) is 3.31. The van der Waals surface area contributed by atoms with Crippen molar-refractivity contribution in [2.75, 3.05) is 5.32 Å². The Balaban J connectivity index is 2.11. The molecule has 0 saturated carbocycles. The monoisotopic (exact) mass is 313 g/mol. The number of carbonyl (C=O) groups is 1. The summed E-state index contributed by atoms with van der Waals surface area (Å²) in [5.41, 5.74) is 2.13. The van der Waals surface area contributed by atoms with E-state index in [1.165, 1.54) is 0 Å². The lowest BCUT2D eigenvalue weighted by Gasteiger charge is -2.08. The molecule has 1 N–H and O–H groups in total. The first-order valence-electron chi connectivity index (χ1n) is 7.13. The summed E-state index contributed by atoms with van der Waals surface area (Å²) in [6, 6.07) is 5.19. The number of aromatic nitrogens is 2. The number of fused-ring (bicyclic) bond motifs is 1. The number of amides is 1. The number of imidazole rings is 1. The molecule has 120 valence electrons. The van der Waals surface area contributed by atoms with Crippen LogP contribution in [0, 0.1) is 6.92 Å². The summed E-state index contributed by atoms with van der Waals surface area (Å²) < 4.78 is 38.3. The van der Waals surface area contributed by atoms with Gasteiger partial charge in [-0.25, -0.2) is 4.98 Å². The molecule has 0 fully saturated rings. The number of anilines is 1. The third-order valence-electron chi connectivity index (χ3n) is 3.31. The van der Waals surface area contributed by atoms with Gasteiger partial charge < -0.3 is 9.88 Å². The van der Waals surface area contributed by atoms with Crippen molar-refractivity contribution >= 4 is 22.6 Å². The molecule has 2 rings (SSSR count). The summed E-state index contributed by atoms with van der Waals surface area (Å²) in [7, 11) is 0. The van der Waals surface area contributed by atoms with Gasteiger partial charge in [-0.1, -0.05) is 6.92 Å². The lowest BCUT2D eigenvalue weighted by molar-refractivity contribution is -0.142. The first-order chi connectivity index (χ1) is 10.3. The third kappa shape index (κ3) is 3.99. The van der Waals surface area contributed by atoms with Gasteiger partial charge in [0.1, 0.15) is 5.82 Å². The summed E-state index contributed by atoms with van der Waals surface area (Å²) in [4.78, 5) is 15.9. The van der Waals surface area contributed by atoms with E-state index in [9.17, 15) is 18.0 Å². The fraction of sp³-hybridized carbons (Fsp3) is 0.467. The zero-order valence-electron chi connectivity index (χ0n) is 12.5. The molecule has 0 aliphatic rings. The van der Waals surface area contributed by atoms with Gasteiger partial charge in [-0.3, -0.25) is 4.79 Å². The molecule has 1 amide bonds. The Labute approximate surface area is 126 Å². The predicted molar refractivity (Wildman–Crippen MR) is 78.7 cm³/mol. The van der Waals surface area contributed by atoms with Crippen molar-refractivity contribution < 1.29 is 18.0 Å². The molecule has 1 heterocycles. The molecule has 1 aromatic carbocycles. The lowest BCUT2D eigenvalue weighted by Crippen LogP contribution is -2.16. The number of nitrogens with zero attached hydrogens (tertiary/aromatic N) is 2. The molecule has 0 aliphatic carbocycles. The molecule has 1 aromatic heterocycles. The maximum Gasteiger partial charge on any atom is 0.389 e. The van der Waals surface area contributed by atoms with Crippen molar-refractivity contribution in [1.29, 1.82) is 0 Å². The number of hydrogen-bond acceptors (Lipinski definition) is 2. The Morgan fingerprint density at radius 3 is 2.73 bits per heavy atom. The van der Waals surface area contributed by atoms with Crippen LogP contribution in [0.15, 0.2) is 18.2 Å². The second-order valence-corrected chi connectivity index (χ2v) is 5.18. The molecular formula is C15H18F3N3O. The highest BCUT2D eigenvalue weighted by Crippen LogP contribution is 2.23. The summed E-state index contributed by atoms with van der Waals surface area (Å²) >= 11 is 0. The van der Waals surface area contributed by atoms with Crippen LogP contribution in [0.2, 0.25) is 0 Å². The number of alkyl halides is 3. The minimum absolute atomic E-state index is 0.459. The Morgan fingerprint density at radius 1 is 1.36 bits per heavy atom. The van der Waals surface area contributed by atoms with Gasteiger partial charge in [-0.15, -0.1) is 0 Å². The molecule has 0 saturated heterocycles. The lowest BCUT2D eigenvalue weighted by atomic mass is 10.2. The molecule has 0 atom stereocenters. The van der Waals surface area contributed by atoms with Crippen molar-refractivity contribution in [3.63, 3.8) is 0 Å². The van der Waals surface area contributed by atoms with Gasteiger partial charge in [0, 0.05) is 18.7 Å². The fourth-order valence-electron chi connectivity index (χ4n) is 2.31. The molecule has 0 radical (unpaired) electrons. The molecule has 7 heteroatoms. The van der Waals surface area contributed by atoms with Crippen LogP contribution in [-0.2, 0) is 11.3 Å². The second-order valence-electron chi connectivity index (χ2n) is 5.18. The normalized spacial score (nSPS) is 11.9. The zero-order chi connectivity index (χ0) is 16.3. The van der Waals surface area contributed by atoms with Crippen LogP contribution >= 0.6 is 0 Å². The maximum atomic E-state index is 12.1. The predicted octanol–water partition coefficient (Wildman–Crippen LogP) is 4.04. The van der Waals surface area contributed by atoms with Crippen molar-refractivity contribution in [2.24, 2.45) is 0 Å². The number of halogens is 3. The quantitative estimate of drug-likeness (QED) is 0.905. The van der Waals surface area contributed by atoms with Crippen molar-refractivity contribution in [3.05, 3.63) is 24.0 Å². The van der Waals surface area contributed by atoms with Gasteiger partial charge in [0.2, 0.25) is 5.91 Å². The van der Waals surface area contributed by atoms with E-state index in [1.807, 2.05) is 13.0 Å². The molecule has 22 heavy (non-hydrogen) atoms. The van der Waals surface area contributed by atoms with E-state index in [4.69, 9.17) is 0 Å². The number of aryl methyl sites for hydroxylation is 2. The molecule has 0 unspecified atom stereocenters. The summed E-state index contributed by atoms with van der Waals surface area (Å²) in [5, 5.41) is 2.48. The van der Waals surface area contributed by atoms with Gasteiger partial charge in [-0.05, 0) is 31.5 Å². The molecular weight excluding hydrogens is 295 g/mol. The fourth-order valence-corrected chi connectivity index (χ4v) is 2.31. The Bertz CT molecular complexity index is 676. The van der Waals surface area contributed by atoms with Gasteiger partial charge >= 0.3 is 6.18 Å². The van der Waals surface area contributed by atoms with Crippen LogP contribution in [0.25, 0.3) is 11.0 Å². The maximum absolute atomic E-state index is 12.1. The smallest absolute Gasteiger partial charge is 0.328 e. The van der Waals surface area contributed by atoms with Crippen LogP contribution < -0.4 is 5.32 Å². The van der Waals surface area contributed by atoms with Gasteiger partial charge in [0.05, 0.1) is 17.5 Å². The van der Waals surface area contributed by atoms with Crippen LogP contribution in [0.4, 0.5) is 18.9 Å². The van der Waals surface area contributed by atoms with Crippen LogP contribution in [0.5, 0.6) is 0 Å². The number of rotatable bonds is 5. The molecule has 2 aromatic rings. The molecule has 4 nitrogen and oxygen atoms in total. The van der Waals surface area contributed by atoms with Crippen molar-refractivity contribution in [2.45, 2.75) is 45.8 Å². The first-order valence-corrected chi connectivity index (χ1v) is 7.13. The first kappa shape index (κ1) is 16.3. The Hall–Kier alpha value is -2.05. The largest absolute Gasteiger partial charge is 0.389 e.